The van der Waals surface area contributed by atoms with Crippen LogP contribution in [-0.4, -0.2) is 47.8 Å². The molecule has 9 nitrogen and oxygen atoms in total. The van der Waals surface area contributed by atoms with Crippen molar-refractivity contribution in [2.75, 3.05) is 31.5 Å². The Balaban J connectivity index is 1.69. The van der Waals surface area contributed by atoms with Crippen LogP contribution in [0.4, 0.5) is 20.7 Å². The quantitative estimate of drug-likeness (QED) is 0.473. The number of halogens is 1. The standard InChI is InChI=1S/C24H22FN5O4/c1-14-9-15(23(31)29(2)16-5-7-18(25)20(11-16)33-3)10-19-22(14)27-13-30(19)17-6-8-21(26-12-17)28-24(32)34-4/h5-13H,1-4H3,(H,26,28,32). The van der Waals surface area contributed by atoms with E-state index in [4.69, 9.17) is 4.74 Å². The zero-order chi connectivity index (χ0) is 24.4. The fourth-order valence-electron chi connectivity index (χ4n) is 3.55. The van der Waals surface area contributed by atoms with E-state index in [1.807, 2.05) is 6.92 Å². The van der Waals surface area contributed by atoms with E-state index in [9.17, 15) is 14.0 Å². The summed E-state index contributed by atoms with van der Waals surface area (Å²) < 4.78 is 25.2. The number of aromatic nitrogens is 3. The van der Waals surface area contributed by atoms with Crippen LogP contribution in [0, 0.1) is 12.7 Å². The minimum atomic E-state index is -0.616. The first-order chi connectivity index (χ1) is 16.3. The molecule has 0 saturated heterocycles. The SMILES string of the molecule is COC(=O)Nc1ccc(-n2cnc3c(C)cc(C(=O)N(C)c4ccc(F)c(OC)c4)cc32)cn1. The Morgan fingerprint density at radius 2 is 1.88 bits per heavy atom. The summed E-state index contributed by atoms with van der Waals surface area (Å²) in [5.41, 5.74) is 3.89. The van der Waals surface area contributed by atoms with Crippen LogP contribution >= 0.6 is 0 Å². The number of pyridine rings is 1. The molecule has 4 rings (SSSR count). The molecule has 0 bridgehead atoms. The molecule has 4 aromatic rings. The normalized spacial score (nSPS) is 10.7. The van der Waals surface area contributed by atoms with E-state index >= 15 is 0 Å². The maximum absolute atomic E-state index is 13.8. The highest BCUT2D eigenvalue weighted by Gasteiger charge is 2.19. The molecule has 0 atom stereocenters. The number of imidazole rings is 1. The fraction of sp³-hybridized carbons (Fsp3) is 0.167. The van der Waals surface area contributed by atoms with Gasteiger partial charge in [-0.25, -0.2) is 19.2 Å². The van der Waals surface area contributed by atoms with Crippen LogP contribution in [0.5, 0.6) is 5.75 Å². The summed E-state index contributed by atoms with van der Waals surface area (Å²) in [5.74, 6) is -0.389. The maximum atomic E-state index is 13.8. The van der Waals surface area contributed by atoms with Crippen LogP contribution in [0.2, 0.25) is 0 Å². The van der Waals surface area contributed by atoms with Crippen molar-refractivity contribution in [3.63, 3.8) is 0 Å². The number of anilines is 2. The minimum Gasteiger partial charge on any atom is -0.494 e. The first-order valence-corrected chi connectivity index (χ1v) is 10.2. The lowest BCUT2D eigenvalue weighted by Gasteiger charge is -2.19. The lowest BCUT2D eigenvalue weighted by Crippen LogP contribution is -2.26. The van der Waals surface area contributed by atoms with Crippen LogP contribution in [0.3, 0.4) is 0 Å². The van der Waals surface area contributed by atoms with Gasteiger partial charge in [0.2, 0.25) is 0 Å². The second kappa shape index (κ2) is 9.18. The van der Waals surface area contributed by atoms with Crippen molar-refractivity contribution in [1.29, 1.82) is 0 Å². The third-order valence-electron chi connectivity index (χ3n) is 5.36. The summed E-state index contributed by atoms with van der Waals surface area (Å²) in [6.45, 7) is 1.87. The van der Waals surface area contributed by atoms with E-state index in [1.54, 1.807) is 48.4 Å². The molecule has 174 valence electrons. The van der Waals surface area contributed by atoms with Gasteiger partial charge in [0.15, 0.2) is 11.6 Å². The van der Waals surface area contributed by atoms with E-state index < -0.39 is 11.9 Å². The van der Waals surface area contributed by atoms with Gasteiger partial charge in [-0.15, -0.1) is 0 Å². The van der Waals surface area contributed by atoms with Crippen LogP contribution in [0.25, 0.3) is 16.7 Å². The molecule has 0 radical (unpaired) electrons. The molecule has 2 heterocycles. The number of rotatable bonds is 5. The molecule has 0 spiro atoms. The monoisotopic (exact) mass is 463 g/mol. The van der Waals surface area contributed by atoms with Gasteiger partial charge in [0.05, 0.1) is 37.1 Å². The number of carbonyl (C=O) groups is 2. The van der Waals surface area contributed by atoms with Crippen molar-refractivity contribution in [2.24, 2.45) is 0 Å². The molecular weight excluding hydrogens is 441 g/mol. The predicted molar refractivity (Wildman–Crippen MR) is 125 cm³/mol. The Hall–Kier alpha value is -4.47. The van der Waals surface area contributed by atoms with Crippen molar-refractivity contribution in [1.82, 2.24) is 14.5 Å². The number of fused-ring (bicyclic) bond motifs is 1. The van der Waals surface area contributed by atoms with Crippen molar-refractivity contribution in [2.45, 2.75) is 6.92 Å². The summed E-state index contributed by atoms with van der Waals surface area (Å²) in [7, 11) is 4.25. The van der Waals surface area contributed by atoms with Gasteiger partial charge in [-0.2, -0.15) is 0 Å². The zero-order valence-electron chi connectivity index (χ0n) is 19.0. The van der Waals surface area contributed by atoms with Crippen LogP contribution in [0.15, 0.2) is 55.0 Å². The number of hydrogen-bond acceptors (Lipinski definition) is 6. The van der Waals surface area contributed by atoms with Crippen LogP contribution in [0.1, 0.15) is 15.9 Å². The van der Waals surface area contributed by atoms with Crippen molar-refractivity contribution < 1.29 is 23.5 Å². The number of amides is 2. The highest BCUT2D eigenvalue weighted by Crippen LogP contribution is 2.27. The summed E-state index contributed by atoms with van der Waals surface area (Å²) >= 11 is 0. The Bertz CT molecular complexity index is 1380. The van der Waals surface area contributed by atoms with Gasteiger partial charge in [-0.05, 0) is 48.9 Å². The largest absolute Gasteiger partial charge is 0.494 e. The molecule has 2 amide bonds. The Morgan fingerprint density at radius 3 is 2.56 bits per heavy atom. The summed E-state index contributed by atoms with van der Waals surface area (Å²) in [6, 6.07) is 11.2. The Morgan fingerprint density at radius 1 is 1.09 bits per heavy atom. The van der Waals surface area contributed by atoms with Crippen molar-refractivity contribution in [3.8, 4) is 11.4 Å². The summed E-state index contributed by atoms with van der Waals surface area (Å²) in [5, 5.41) is 2.49. The van der Waals surface area contributed by atoms with Crippen LogP contribution < -0.4 is 15.0 Å². The van der Waals surface area contributed by atoms with E-state index in [0.29, 0.717) is 28.3 Å². The summed E-state index contributed by atoms with van der Waals surface area (Å²) in [6.07, 6.45) is 2.60. The topological polar surface area (TPSA) is 98.6 Å². The molecule has 0 fully saturated rings. The minimum absolute atomic E-state index is 0.0551. The predicted octanol–water partition coefficient (Wildman–Crippen LogP) is 4.33. The van der Waals surface area contributed by atoms with Crippen molar-refractivity contribution in [3.05, 3.63) is 71.9 Å². The molecule has 0 aliphatic rings. The molecule has 2 aromatic heterocycles. The Labute approximate surface area is 194 Å². The lowest BCUT2D eigenvalue weighted by atomic mass is 10.1. The summed E-state index contributed by atoms with van der Waals surface area (Å²) in [4.78, 5) is 34.8. The number of nitrogens with zero attached hydrogens (tertiary/aromatic N) is 4. The van der Waals surface area contributed by atoms with Gasteiger partial charge in [-0.3, -0.25) is 14.7 Å². The van der Waals surface area contributed by atoms with Gasteiger partial charge in [0.1, 0.15) is 12.1 Å². The molecule has 0 saturated carbocycles. The number of nitrogens with one attached hydrogen (secondary N) is 1. The number of hydrogen-bond donors (Lipinski definition) is 1. The average Bonchev–Trinajstić information content (AvgIpc) is 3.28. The van der Waals surface area contributed by atoms with E-state index in [0.717, 1.165) is 11.1 Å². The van der Waals surface area contributed by atoms with Gasteiger partial charge in [-0.1, -0.05) is 0 Å². The average molecular weight is 463 g/mol. The second-order valence-electron chi connectivity index (χ2n) is 7.48. The highest BCUT2D eigenvalue weighted by molar-refractivity contribution is 6.07. The fourth-order valence-corrected chi connectivity index (χ4v) is 3.55. The van der Waals surface area contributed by atoms with Crippen molar-refractivity contribution >= 4 is 34.5 Å². The van der Waals surface area contributed by atoms with Gasteiger partial charge in [0, 0.05) is 24.4 Å². The second-order valence-corrected chi connectivity index (χ2v) is 7.48. The van der Waals surface area contributed by atoms with Crippen LogP contribution in [-0.2, 0) is 4.74 Å². The van der Waals surface area contributed by atoms with Gasteiger partial charge < -0.3 is 14.4 Å². The molecular formula is C24H22FN5O4. The molecule has 0 aliphatic carbocycles. The molecule has 2 aromatic carbocycles. The van der Waals surface area contributed by atoms with Gasteiger partial charge in [0.25, 0.3) is 5.91 Å². The smallest absolute Gasteiger partial charge is 0.412 e. The lowest BCUT2D eigenvalue weighted by molar-refractivity contribution is 0.0993. The van der Waals surface area contributed by atoms with Gasteiger partial charge >= 0.3 is 6.09 Å². The van der Waals surface area contributed by atoms with E-state index in [-0.39, 0.29) is 11.7 Å². The number of methoxy groups -OCH3 is 2. The molecule has 1 N–H and O–H groups in total. The number of benzene rings is 2. The Kier molecular flexibility index (Phi) is 6.13. The number of carbonyl (C=O) groups excluding carboxylic acids is 2. The maximum Gasteiger partial charge on any atom is 0.412 e. The molecule has 0 unspecified atom stereocenters. The molecule has 10 heteroatoms. The first-order valence-electron chi connectivity index (χ1n) is 10.2. The third-order valence-corrected chi connectivity index (χ3v) is 5.36. The number of ether oxygens (including phenoxy) is 2. The van der Waals surface area contributed by atoms with E-state index in [2.05, 4.69) is 20.0 Å². The first kappa shape index (κ1) is 22.7. The number of aryl methyl sites for hydroxylation is 1. The zero-order valence-corrected chi connectivity index (χ0v) is 19.0. The third kappa shape index (κ3) is 4.25. The highest BCUT2D eigenvalue weighted by atomic mass is 19.1. The molecule has 34 heavy (non-hydrogen) atoms. The molecule has 0 aliphatic heterocycles. The van der Waals surface area contributed by atoms with E-state index in [1.165, 1.54) is 37.3 Å².